The van der Waals surface area contributed by atoms with Gasteiger partial charge in [-0.3, -0.25) is 4.90 Å². The van der Waals surface area contributed by atoms with Crippen molar-refractivity contribution in [3.05, 3.63) is 64.4 Å². The second kappa shape index (κ2) is 8.81. The molecule has 0 saturated carbocycles. The third kappa shape index (κ3) is 4.51. The fourth-order valence-electron chi connectivity index (χ4n) is 4.15. The van der Waals surface area contributed by atoms with E-state index in [1.54, 1.807) is 19.1 Å². The normalized spacial score (nSPS) is 18.7. The van der Waals surface area contributed by atoms with Crippen LogP contribution in [0.4, 0.5) is 10.1 Å². The van der Waals surface area contributed by atoms with Gasteiger partial charge in [0, 0.05) is 49.4 Å². The van der Waals surface area contributed by atoms with Crippen LogP contribution in [-0.2, 0) is 5.60 Å². The first-order valence-electron chi connectivity index (χ1n) is 10.1. The van der Waals surface area contributed by atoms with Gasteiger partial charge in [0.25, 0.3) is 0 Å². The van der Waals surface area contributed by atoms with E-state index >= 15 is 0 Å². The van der Waals surface area contributed by atoms with Gasteiger partial charge in [-0.25, -0.2) is 4.39 Å². The van der Waals surface area contributed by atoms with Gasteiger partial charge in [0.2, 0.25) is 0 Å². The maximum atomic E-state index is 13.7. The van der Waals surface area contributed by atoms with Crippen molar-refractivity contribution in [1.29, 1.82) is 0 Å². The van der Waals surface area contributed by atoms with Crippen molar-refractivity contribution in [1.82, 2.24) is 4.90 Å². The summed E-state index contributed by atoms with van der Waals surface area (Å²) >= 11 is 6.12. The van der Waals surface area contributed by atoms with E-state index < -0.39 is 5.60 Å². The van der Waals surface area contributed by atoms with Gasteiger partial charge in [-0.15, -0.1) is 0 Å². The average Bonchev–Trinajstić information content (AvgIpc) is 2.70. The summed E-state index contributed by atoms with van der Waals surface area (Å²) in [5.41, 5.74) is 1.58. The van der Waals surface area contributed by atoms with Crippen LogP contribution >= 0.6 is 11.6 Å². The molecule has 1 N–H and O–H groups in total. The van der Waals surface area contributed by atoms with Crippen molar-refractivity contribution in [3.63, 3.8) is 0 Å². The topological polar surface area (TPSA) is 26.7 Å². The van der Waals surface area contributed by atoms with Crippen molar-refractivity contribution in [2.45, 2.75) is 32.8 Å². The predicted octanol–water partition coefficient (Wildman–Crippen LogP) is 4.84. The number of aliphatic hydroxyl groups is 1. The third-order valence-electron chi connectivity index (χ3n) is 6.09. The highest BCUT2D eigenvalue weighted by atomic mass is 35.5. The van der Waals surface area contributed by atoms with E-state index in [2.05, 4.69) is 22.8 Å². The largest absolute Gasteiger partial charge is 0.385 e. The molecule has 1 saturated heterocycles. The number of nitrogens with zero attached hydrogens (tertiary/aromatic N) is 2. The molecule has 1 aliphatic heterocycles. The molecule has 1 fully saturated rings. The minimum absolute atomic E-state index is 0.0417. The second-order valence-electron chi connectivity index (χ2n) is 7.91. The molecule has 28 heavy (non-hydrogen) atoms. The zero-order valence-electron chi connectivity index (χ0n) is 17.0. The number of hydrogen-bond acceptors (Lipinski definition) is 3. The van der Waals surface area contributed by atoms with Gasteiger partial charge >= 0.3 is 0 Å². The summed E-state index contributed by atoms with van der Waals surface area (Å²) in [6, 6.07) is 12.9. The van der Waals surface area contributed by atoms with Gasteiger partial charge in [0.1, 0.15) is 5.82 Å². The zero-order valence-corrected chi connectivity index (χ0v) is 17.7. The molecular formula is C23H30ClFN2O. The molecule has 3 rings (SSSR count). The van der Waals surface area contributed by atoms with E-state index in [0.717, 1.165) is 49.0 Å². The van der Waals surface area contributed by atoms with E-state index in [9.17, 15) is 9.50 Å². The number of hydrogen-bond donors (Lipinski definition) is 1. The summed E-state index contributed by atoms with van der Waals surface area (Å²) in [5, 5.41) is 12.2. The maximum Gasteiger partial charge on any atom is 0.126 e. The molecule has 0 spiro atoms. The molecule has 0 radical (unpaired) electrons. The predicted molar refractivity (Wildman–Crippen MR) is 115 cm³/mol. The Morgan fingerprint density at radius 3 is 2.46 bits per heavy atom. The summed E-state index contributed by atoms with van der Waals surface area (Å²) in [6.45, 7) is 10.4. The molecule has 0 amide bonds. The van der Waals surface area contributed by atoms with Crippen LogP contribution in [-0.4, -0.2) is 42.7 Å². The second-order valence-corrected chi connectivity index (χ2v) is 8.35. The van der Waals surface area contributed by atoms with Gasteiger partial charge in [-0.1, -0.05) is 43.6 Å². The Morgan fingerprint density at radius 2 is 1.86 bits per heavy atom. The molecule has 2 unspecified atom stereocenters. The lowest BCUT2D eigenvalue weighted by Gasteiger charge is -2.41. The van der Waals surface area contributed by atoms with Gasteiger partial charge in [0.05, 0.1) is 5.60 Å². The smallest absolute Gasteiger partial charge is 0.126 e. The lowest BCUT2D eigenvalue weighted by atomic mass is 9.79. The third-order valence-corrected chi connectivity index (χ3v) is 6.32. The van der Waals surface area contributed by atoms with Crippen LogP contribution < -0.4 is 4.90 Å². The minimum Gasteiger partial charge on any atom is -0.385 e. The molecule has 0 bridgehead atoms. The Morgan fingerprint density at radius 1 is 1.14 bits per heavy atom. The number of piperazine rings is 1. The van der Waals surface area contributed by atoms with Gasteiger partial charge in [-0.05, 0) is 48.7 Å². The van der Waals surface area contributed by atoms with Crippen LogP contribution in [0.25, 0.3) is 0 Å². The van der Waals surface area contributed by atoms with Crippen LogP contribution in [0, 0.1) is 18.7 Å². The van der Waals surface area contributed by atoms with Crippen LogP contribution in [0.1, 0.15) is 31.4 Å². The SMILES string of the molecule is CCC(O)(c1ccc(F)c(C)c1)C(C)CN1CCN(c2cccc(Cl)c2)CC1. The van der Waals surface area contributed by atoms with Gasteiger partial charge < -0.3 is 10.0 Å². The monoisotopic (exact) mass is 404 g/mol. The number of anilines is 1. The molecule has 0 aliphatic carbocycles. The van der Waals surface area contributed by atoms with Crippen LogP contribution in [0.2, 0.25) is 5.02 Å². The minimum atomic E-state index is -0.956. The first-order valence-corrected chi connectivity index (χ1v) is 10.4. The summed E-state index contributed by atoms with van der Waals surface area (Å²) in [7, 11) is 0. The van der Waals surface area contributed by atoms with E-state index in [0.29, 0.717) is 12.0 Å². The Hall–Kier alpha value is -1.62. The number of halogens is 2. The molecule has 3 nitrogen and oxygen atoms in total. The van der Waals surface area contributed by atoms with E-state index in [4.69, 9.17) is 11.6 Å². The first kappa shape index (κ1) is 21.1. The van der Waals surface area contributed by atoms with Gasteiger partial charge in [0.15, 0.2) is 0 Å². The average molecular weight is 405 g/mol. The van der Waals surface area contributed by atoms with Crippen LogP contribution in [0.5, 0.6) is 0 Å². The van der Waals surface area contributed by atoms with Crippen molar-refractivity contribution in [2.24, 2.45) is 5.92 Å². The lowest BCUT2D eigenvalue weighted by molar-refractivity contribution is -0.0340. The molecule has 2 atom stereocenters. The zero-order chi connectivity index (χ0) is 20.3. The van der Waals surface area contributed by atoms with E-state index in [1.165, 1.54) is 6.07 Å². The van der Waals surface area contributed by atoms with Crippen LogP contribution in [0.15, 0.2) is 42.5 Å². The molecule has 1 aliphatic rings. The Labute approximate surface area is 172 Å². The summed E-state index contributed by atoms with van der Waals surface area (Å²) in [6.07, 6.45) is 0.599. The fraction of sp³-hybridized carbons (Fsp3) is 0.478. The number of aryl methyl sites for hydroxylation is 1. The highest BCUT2D eigenvalue weighted by Gasteiger charge is 2.35. The highest BCUT2D eigenvalue weighted by Crippen LogP contribution is 2.35. The summed E-state index contributed by atoms with van der Waals surface area (Å²) in [5.74, 6) is -0.188. The molecule has 2 aromatic rings. The molecule has 2 aromatic carbocycles. The molecule has 152 valence electrons. The van der Waals surface area contributed by atoms with Crippen LogP contribution in [0.3, 0.4) is 0 Å². The first-order chi connectivity index (χ1) is 13.3. The standard InChI is InChI=1S/C23H30ClFN2O/c1-4-23(28,19-8-9-22(25)17(2)14-19)18(3)16-26-10-12-27(13-11-26)21-7-5-6-20(24)15-21/h5-9,14-15,18,28H,4,10-13,16H2,1-3H3. The lowest BCUT2D eigenvalue weighted by Crippen LogP contribution is -2.50. The van der Waals surface area contributed by atoms with Gasteiger partial charge in [-0.2, -0.15) is 0 Å². The Bertz CT molecular complexity index is 807. The summed E-state index contributed by atoms with van der Waals surface area (Å²) in [4.78, 5) is 4.76. The van der Waals surface area contributed by atoms with E-state index in [1.807, 2.05) is 25.1 Å². The number of rotatable bonds is 6. The highest BCUT2D eigenvalue weighted by molar-refractivity contribution is 6.30. The quantitative estimate of drug-likeness (QED) is 0.746. The summed E-state index contributed by atoms with van der Waals surface area (Å²) < 4.78 is 13.7. The molecule has 5 heteroatoms. The molecular weight excluding hydrogens is 375 g/mol. The van der Waals surface area contributed by atoms with Crippen molar-refractivity contribution in [2.75, 3.05) is 37.6 Å². The molecule has 1 heterocycles. The Kier molecular flexibility index (Phi) is 6.64. The van der Waals surface area contributed by atoms with E-state index in [-0.39, 0.29) is 11.7 Å². The molecule has 0 aromatic heterocycles. The number of benzene rings is 2. The fourth-order valence-corrected chi connectivity index (χ4v) is 4.34. The van der Waals surface area contributed by atoms with Crippen molar-refractivity contribution in [3.8, 4) is 0 Å². The van der Waals surface area contributed by atoms with Crippen molar-refractivity contribution >= 4 is 17.3 Å². The Balaban J connectivity index is 1.63. The maximum absolute atomic E-state index is 13.7. The van der Waals surface area contributed by atoms with Crippen molar-refractivity contribution < 1.29 is 9.50 Å².